The van der Waals surface area contributed by atoms with E-state index in [4.69, 9.17) is 40.5 Å². The van der Waals surface area contributed by atoms with E-state index in [0.29, 0.717) is 38.5 Å². The summed E-state index contributed by atoms with van der Waals surface area (Å²) >= 11 is 17.9. The monoisotopic (exact) mass is 904 g/mol. The number of hydrogen-bond donors (Lipinski definition) is 4. The predicted molar refractivity (Wildman–Crippen MR) is 237 cm³/mol. The molecule has 10 aromatic rings. The summed E-state index contributed by atoms with van der Waals surface area (Å²) in [4.78, 5) is 78.0. The summed E-state index contributed by atoms with van der Waals surface area (Å²) < 4.78 is 5.92. The highest BCUT2D eigenvalue weighted by Gasteiger charge is 2.22. The van der Waals surface area contributed by atoms with E-state index in [1.165, 1.54) is 43.5 Å². The van der Waals surface area contributed by atoms with Crippen LogP contribution in [0, 0.1) is 0 Å². The Hall–Kier alpha value is -7.65. The third kappa shape index (κ3) is 8.25. The fraction of sp³-hybridized carbons (Fsp3) is 0.100. The quantitative estimate of drug-likeness (QED) is 0.163. The Labute approximate surface area is 367 Å². The molecule has 20 nitrogen and oxygen atoms in total. The van der Waals surface area contributed by atoms with Crippen LogP contribution in [0.4, 0.5) is 5.82 Å². The van der Waals surface area contributed by atoms with Gasteiger partial charge in [-0.3, -0.25) is 28.3 Å². The molecule has 0 radical (unpaired) electrons. The fourth-order valence-corrected chi connectivity index (χ4v) is 7.14. The lowest BCUT2D eigenvalue weighted by Gasteiger charge is -2.19. The molecule has 0 saturated heterocycles. The molecule has 0 amide bonds. The Kier molecular flexibility index (Phi) is 11.9. The van der Waals surface area contributed by atoms with Gasteiger partial charge in [-0.15, -0.1) is 0 Å². The second-order valence-corrected chi connectivity index (χ2v) is 14.7. The van der Waals surface area contributed by atoms with Crippen molar-refractivity contribution in [3.05, 3.63) is 179 Å². The van der Waals surface area contributed by atoms with Crippen molar-refractivity contribution in [1.82, 2.24) is 68.2 Å². The first-order chi connectivity index (χ1) is 30.4. The van der Waals surface area contributed by atoms with Crippen molar-refractivity contribution in [3.8, 4) is 11.4 Å². The molecule has 10 rings (SSSR count). The van der Waals surface area contributed by atoms with Crippen LogP contribution < -0.4 is 33.3 Å². The second kappa shape index (κ2) is 17.8. The SMILES string of the molecule is C[C@H](N)c1nn2ccc(Cl)c2c(=O)n1-c1ccccc1.C[C@H](Nc1ncnc2nc[nH]c(=O)c12)c1nn2ccc(Cl)c2c(=O)n1-c1ccccc1.O=c1[nH]cnc2ncnc(Cl)c12. The smallest absolute Gasteiger partial charge is 0.284 e. The zero-order valence-corrected chi connectivity index (χ0v) is 35.0. The lowest BCUT2D eigenvalue weighted by molar-refractivity contribution is 0.647. The summed E-state index contributed by atoms with van der Waals surface area (Å²) in [7, 11) is 0. The molecule has 63 heavy (non-hydrogen) atoms. The number of hydrogen-bond acceptors (Lipinski definition) is 14. The average molecular weight is 906 g/mol. The largest absolute Gasteiger partial charge is 0.359 e. The van der Waals surface area contributed by atoms with Crippen molar-refractivity contribution in [3.63, 3.8) is 0 Å². The molecule has 2 aromatic carbocycles. The molecule has 5 N–H and O–H groups in total. The number of para-hydroxylation sites is 2. The minimum Gasteiger partial charge on any atom is -0.359 e. The first kappa shape index (κ1) is 42.1. The summed E-state index contributed by atoms with van der Waals surface area (Å²) in [5.41, 5.74) is 7.24. The molecule has 0 aliphatic heterocycles. The first-order valence-corrected chi connectivity index (χ1v) is 19.8. The fourth-order valence-electron chi connectivity index (χ4n) is 6.48. The third-order valence-electron chi connectivity index (χ3n) is 9.33. The van der Waals surface area contributed by atoms with Gasteiger partial charge in [0, 0.05) is 12.4 Å². The van der Waals surface area contributed by atoms with Crippen LogP contribution in [0.5, 0.6) is 0 Å². The Morgan fingerprint density at radius 3 is 1.60 bits per heavy atom. The van der Waals surface area contributed by atoms with Crippen molar-refractivity contribution in [2.24, 2.45) is 5.73 Å². The van der Waals surface area contributed by atoms with E-state index in [2.05, 4.69) is 55.4 Å². The van der Waals surface area contributed by atoms with Crippen LogP contribution in [0.2, 0.25) is 15.2 Å². The van der Waals surface area contributed by atoms with Gasteiger partial charge >= 0.3 is 0 Å². The number of nitrogens with two attached hydrogens (primary N) is 1. The first-order valence-electron chi connectivity index (χ1n) is 18.7. The number of halogens is 3. The van der Waals surface area contributed by atoms with E-state index in [1.54, 1.807) is 43.6 Å². The molecule has 8 heterocycles. The molecule has 0 unspecified atom stereocenters. The van der Waals surface area contributed by atoms with Gasteiger partial charge in [0.15, 0.2) is 22.9 Å². The Morgan fingerprint density at radius 1 is 0.603 bits per heavy atom. The van der Waals surface area contributed by atoms with Gasteiger partial charge in [0.2, 0.25) is 0 Å². The summed E-state index contributed by atoms with van der Waals surface area (Å²) in [6, 6.07) is 20.8. The van der Waals surface area contributed by atoms with Crippen molar-refractivity contribution in [2.75, 3.05) is 5.32 Å². The van der Waals surface area contributed by atoms with Crippen molar-refractivity contribution < 1.29 is 0 Å². The molecule has 316 valence electrons. The molecule has 8 aromatic heterocycles. The molecule has 0 spiro atoms. The van der Waals surface area contributed by atoms with Crippen molar-refractivity contribution in [1.29, 1.82) is 0 Å². The molecule has 0 aliphatic rings. The van der Waals surface area contributed by atoms with Crippen LogP contribution in [-0.2, 0) is 0 Å². The molecule has 0 bridgehead atoms. The van der Waals surface area contributed by atoms with Gasteiger partial charge < -0.3 is 21.0 Å². The van der Waals surface area contributed by atoms with E-state index in [1.807, 2.05) is 55.5 Å². The van der Waals surface area contributed by atoms with Gasteiger partial charge in [-0.2, -0.15) is 10.2 Å². The van der Waals surface area contributed by atoms with Gasteiger partial charge in [0.25, 0.3) is 22.2 Å². The summed E-state index contributed by atoms with van der Waals surface area (Å²) in [5.74, 6) is 1.18. The van der Waals surface area contributed by atoms with Gasteiger partial charge in [-0.05, 0) is 50.2 Å². The Bertz CT molecular complexity index is 3520. The summed E-state index contributed by atoms with van der Waals surface area (Å²) in [6.45, 7) is 3.61. The summed E-state index contributed by atoms with van der Waals surface area (Å²) in [6.07, 6.45) is 8.41. The number of benzene rings is 2. The van der Waals surface area contributed by atoms with E-state index in [9.17, 15) is 19.2 Å². The van der Waals surface area contributed by atoms with Crippen molar-refractivity contribution in [2.45, 2.75) is 25.9 Å². The van der Waals surface area contributed by atoms with Crippen LogP contribution in [0.1, 0.15) is 37.6 Å². The molecule has 0 fully saturated rings. The van der Waals surface area contributed by atoms with E-state index < -0.39 is 6.04 Å². The maximum absolute atomic E-state index is 13.4. The standard InChI is InChI=1S/C20H15ClN8O2.C14H13ClN4O.C6H3ClN4O/c1-11(26-17-14-16(22-9-24-17)23-10-25-19(14)30)18-27-28-8-7-13(21)15(28)20(31)29(18)12-5-3-2-4-6-12;1-9(16)13-17-18-8-7-11(15)12(18)14(20)19(13)10-5-3-2-4-6-10;7-4-3-5(9-1-8-4)10-2-11-6(3)12/h2-11H,1H3,(H2,22,23,24,25,26,30);2-9H,16H2,1H3;1-2H,(H,8,9,10,11,12)/t11-;9-;/m00./s1. The van der Waals surface area contributed by atoms with Crippen LogP contribution in [0.15, 0.2) is 130 Å². The lowest BCUT2D eigenvalue weighted by atomic mass is 10.2. The Balaban J connectivity index is 0.000000145. The second-order valence-electron chi connectivity index (χ2n) is 13.5. The van der Waals surface area contributed by atoms with E-state index >= 15 is 0 Å². The highest BCUT2D eigenvalue weighted by atomic mass is 35.5. The van der Waals surface area contributed by atoms with Gasteiger partial charge in [-0.25, -0.2) is 38.9 Å². The zero-order chi connectivity index (χ0) is 44.4. The Morgan fingerprint density at radius 2 is 1.08 bits per heavy atom. The zero-order valence-electron chi connectivity index (χ0n) is 32.8. The normalized spacial score (nSPS) is 12.1. The minimum absolute atomic E-state index is 0.120. The van der Waals surface area contributed by atoms with E-state index in [-0.39, 0.29) is 61.2 Å². The number of nitrogens with zero attached hydrogens (tertiary/aromatic N) is 12. The predicted octanol–water partition coefficient (Wildman–Crippen LogP) is 4.86. The number of anilines is 1. The number of rotatable bonds is 6. The van der Waals surface area contributed by atoms with Gasteiger partial charge in [-0.1, -0.05) is 71.2 Å². The number of aromatic amines is 2. The van der Waals surface area contributed by atoms with Crippen LogP contribution >= 0.6 is 34.8 Å². The maximum atomic E-state index is 13.4. The number of fused-ring (bicyclic) bond motifs is 4. The minimum atomic E-state index is -0.517. The summed E-state index contributed by atoms with van der Waals surface area (Å²) in [5, 5.41) is 13.4. The third-order valence-corrected chi connectivity index (χ3v) is 10.2. The average Bonchev–Trinajstić information content (AvgIpc) is 3.86. The van der Waals surface area contributed by atoms with Crippen LogP contribution in [0.25, 0.3) is 44.5 Å². The van der Waals surface area contributed by atoms with Crippen LogP contribution in [-0.4, -0.2) is 68.2 Å². The topological polar surface area (TPSA) is 260 Å². The van der Waals surface area contributed by atoms with Crippen molar-refractivity contribution >= 4 is 73.7 Å². The number of H-pyrrole nitrogens is 2. The lowest BCUT2D eigenvalue weighted by Crippen LogP contribution is -2.29. The molecule has 0 aliphatic carbocycles. The van der Waals surface area contributed by atoms with Gasteiger partial charge in [0.1, 0.15) is 45.4 Å². The highest BCUT2D eigenvalue weighted by Crippen LogP contribution is 2.24. The van der Waals surface area contributed by atoms with Gasteiger partial charge in [0.05, 0.1) is 46.2 Å². The van der Waals surface area contributed by atoms with E-state index in [0.717, 1.165) is 5.69 Å². The molecule has 2 atom stereocenters. The number of nitrogens with one attached hydrogen (secondary N) is 3. The highest BCUT2D eigenvalue weighted by molar-refractivity contribution is 6.34. The molecular weight excluding hydrogens is 875 g/mol. The molecular formula is C40H31Cl3N16O4. The number of aromatic nitrogens is 14. The molecule has 23 heteroatoms. The maximum Gasteiger partial charge on any atom is 0.284 e. The molecule has 0 saturated carbocycles. The van der Waals surface area contributed by atoms with Crippen LogP contribution in [0.3, 0.4) is 0 Å².